The van der Waals surface area contributed by atoms with Gasteiger partial charge in [0, 0.05) is 38.2 Å². The molecule has 0 aliphatic carbocycles. The first-order valence-electron chi connectivity index (χ1n) is 7.89. The molecule has 2 aromatic carbocycles. The molecule has 0 aliphatic heterocycles. The van der Waals surface area contributed by atoms with Gasteiger partial charge < -0.3 is 9.47 Å². The number of aromatic nitrogens is 1. The van der Waals surface area contributed by atoms with Gasteiger partial charge in [0.2, 0.25) is 0 Å². The second-order valence-electron chi connectivity index (χ2n) is 6.08. The highest BCUT2D eigenvalue weighted by Gasteiger charge is 2.08. The summed E-state index contributed by atoms with van der Waals surface area (Å²) in [4.78, 5) is 2.59. The molecule has 0 saturated carbocycles. The SMILES string of the molecule is CN(C)c1ccc2cc(-c3ccc(/C=C(\C#N)SN)n3C)ccc2c1. The maximum absolute atomic E-state index is 9.05. The number of anilines is 1. The Labute approximate surface area is 152 Å². The van der Waals surface area contributed by atoms with E-state index in [1.807, 2.05) is 27.2 Å². The van der Waals surface area contributed by atoms with E-state index in [1.54, 1.807) is 6.08 Å². The maximum Gasteiger partial charge on any atom is 0.108 e. The molecule has 3 rings (SSSR count). The highest BCUT2D eigenvalue weighted by atomic mass is 32.2. The number of nitrogens with two attached hydrogens (primary N) is 1. The first-order valence-corrected chi connectivity index (χ1v) is 8.77. The molecule has 25 heavy (non-hydrogen) atoms. The zero-order valence-electron chi connectivity index (χ0n) is 14.5. The molecule has 5 heteroatoms. The zero-order valence-corrected chi connectivity index (χ0v) is 15.3. The molecular weight excluding hydrogens is 328 g/mol. The number of benzene rings is 2. The lowest BCUT2D eigenvalue weighted by Crippen LogP contribution is -2.07. The molecule has 4 nitrogen and oxygen atoms in total. The van der Waals surface area contributed by atoms with Crippen LogP contribution >= 0.6 is 11.9 Å². The van der Waals surface area contributed by atoms with Crippen molar-refractivity contribution in [2.24, 2.45) is 12.2 Å². The number of nitriles is 1. The van der Waals surface area contributed by atoms with Gasteiger partial charge in [-0.15, -0.1) is 0 Å². The molecule has 2 N–H and O–H groups in total. The van der Waals surface area contributed by atoms with Crippen LogP contribution in [0.3, 0.4) is 0 Å². The van der Waals surface area contributed by atoms with E-state index in [2.05, 4.69) is 58.0 Å². The van der Waals surface area contributed by atoms with Crippen molar-refractivity contribution in [3.8, 4) is 17.3 Å². The first-order chi connectivity index (χ1) is 12.0. The van der Waals surface area contributed by atoms with Gasteiger partial charge in [-0.25, -0.2) is 0 Å². The summed E-state index contributed by atoms with van der Waals surface area (Å²) >= 11 is 0.967. The second-order valence-corrected chi connectivity index (χ2v) is 6.76. The smallest absolute Gasteiger partial charge is 0.108 e. The van der Waals surface area contributed by atoms with Crippen LogP contribution in [0.2, 0.25) is 0 Å². The van der Waals surface area contributed by atoms with Gasteiger partial charge in [0.1, 0.15) is 11.0 Å². The summed E-state index contributed by atoms with van der Waals surface area (Å²) in [7, 11) is 6.09. The number of hydrogen-bond acceptors (Lipinski definition) is 4. The van der Waals surface area contributed by atoms with Crippen LogP contribution in [-0.2, 0) is 7.05 Å². The minimum absolute atomic E-state index is 0.488. The molecule has 0 bridgehead atoms. The van der Waals surface area contributed by atoms with Crippen molar-refractivity contribution < 1.29 is 0 Å². The fraction of sp³-hybridized carbons (Fsp3) is 0.150. The van der Waals surface area contributed by atoms with E-state index < -0.39 is 0 Å². The third-order valence-electron chi connectivity index (χ3n) is 4.31. The quantitative estimate of drug-likeness (QED) is 0.561. The zero-order chi connectivity index (χ0) is 18.0. The lowest BCUT2D eigenvalue weighted by atomic mass is 10.0. The molecule has 1 aromatic heterocycles. The van der Waals surface area contributed by atoms with Crippen LogP contribution in [0.5, 0.6) is 0 Å². The standard InChI is InChI=1S/C20H20N4S/c1-23(2)17-7-6-14-10-16(5-4-15(14)11-17)20-9-8-18(24(20)3)12-19(13-21)25-22/h4-12H,22H2,1-3H3/b19-12+. The molecule has 0 aliphatic rings. The van der Waals surface area contributed by atoms with E-state index >= 15 is 0 Å². The van der Waals surface area contributed by atoms with Crippen molar-refractivity contribution in [1.82, 2.24) is 4.57 Å². The monoisotopic (exact) mass is 348 g/mol. The Balaban J connectivity index is 2.03. The molecule has 0 spiro atoms. The highest BCUT2D eigenvalue weighted by Crippen LogP contribution is 2.28. The molecule has 0 atom stereocenters. The van der Waals surface area contributed by atoms with Crippen LogP contribution in [0, 0.1) is 11.3 Å². The van der Waals surface area contributed by atoms with Crippen molar-refractivity contribution in [1.29, 1.82) is 5.26 Å². The largest absolute Gasteiger partial charge is 0.378 e. The van der Waals surface area contributed by atoms with Gasteiger partial charge in [0.25, 0.3) is 0 Å². The fourth-order valence-corrected chi connectivity index (χ4v) is 3.10. The first kappa shape index (κ1) is 17.2. The number of nitrogens with zero attached hydrogens (tertiary/aromatic N) is 3. The predicted molar refractivity (Wildman–Crippen MR) is 108 cm³/mol. The molecule has 1 heterocycles. The van der Waals surface area contributed by atoms with Crippen LogP contribution in [0.1, 0.15) is 5.69 Å². The number of rotatable bonds is 4. The summed E-state index contributed by atoms with van der Waals surface area (Å²) in [6.45, 7) is 0. The summed E-state index contributed by atoms with van der Waals surface area (Å²) in [6.07, 6.45) is 1.80. The topological polar surface area (TPSA) is 58.0 Å². The third-order valence-corrected chi connectivity index (χ3v) is 4.78. The van der Waals surface area contributed by atoms with E-state index in [9.17, 15) is 0 Å². The van der Waals surface area contributed by atoms with Crippen molar-refractivity contribution >= 4 is 34.5 Å². The van der Waals surface area contributed by atoms with Crippen LogP contribution in [-0.4, -0.2) is 18.7 Å². The summed E-state index contributed by atoms with van der Waals surface area (Å²) in [5, 5.41) is 17.0. The van der Waals surface area contributed by atoms with Crippen molar-refractivity contribution in [3.05, 3.63) is 59.1 Å². The van der Waals surface area contributed by atoms with Gasteiger partial charge in [-0.1, -0.05) is 18.2 Å². The van der Waals surface area contributed by atoms with Crippen LogP contribution < -0.4 is 10.0 Å². The molecular formula is C20H20N4S. The Morgan fingerprint density at radius 1 is 1.12 bits per heavy atom. The normalized spacial score (nSPS) is 11.6. The fourth-order valence-electron chi connectivity index (χ4n) is 2.86. The Hall–Kier alpha value is -2.68. The number of fused-ring (bicyclic) bond motifs is 1. The lowest BCUT2D eigenvalue weighted by Gasteiger charge is -2.13. The van der Waals surface area contributed by atoms with E-state index in [4.69, 9.17) is 10.4 Å². The predicted octanol–water partition coefficient (Wildman–Crippen LogP) is 4.38. The molecule has 3 aromatic rings. The maximum atomic E-state index is 9.05. The molecule has 0 saturated heterocycles. The number of hydrogen-bond donors (Lipinski definition) is 1. The minimum Gasteiger partial charge on any atom is -0.378 e. The van der Waals surface area contributed by atoms with E-state index in [1.165, 1.54) is 16.5 Å². The van der Waals surface area contributed by atoms with Gasteiger partial charge in [-0.05, 0) is 64.7 Å². The third kappa shape index (κ3) is 3.41. The van der Waals surface area contributed by atoms with Crippen molar-refractivity contribution in [2.75, 3.05) is 19.0 Å². The highest BCUT2D eigenvalue weighted by molar-refractivity contribution is 8.01. The van der Waals surface area contributed by atoms with Crippen LogP contribution in [0.15, 0.2) is 53.4 Å². The second kappa shape index (κ2) is 7.06. The Bertz CT molecular complexity index is 993. The molecule has 0 fully saturated rings. The van der Waals surface area contributed by atoms with Crippen molar-refractivity contribution in [2.45, 2.75) is 0 Å². The summed E-state index contributed by atoms with van der Waals surface area (Å²) in [5.41, 5.74) is 4.39. The Morgan fingerprint density at radius 3 is 2.52 bits per heavy atom. The molecule has 0 radical (unpaired) electrons. The van der Waals surface area contributed by atoms with E-state index in [0.717, 1.165) is 28.9 Å². The average molecular weight is 348 g/mol. The Morgan fingerprint density at radius 2 is 1.84 bits per heavy atom. The summed E-state index contributed by atoms with van der Waals surface area (Å²) < 4.78 is 2.07. The summed E-state index contributed by atoms with van der Waals surface area (Å²) in [5.74, 6) is 0. The van der Waals surface area contributed by atoms with E-state index in [-0.39, 0.29) is 0 Å². The van der Waals surface area contributed by atoms with Gasteiger partial charge >= 0.3 is 0 Å². The van der Waals surface area contributed by atoms with Crippen LogP contribution in [0.4, 0.5) is 5.69 Å². The van der Waals surface area contributed by atoms with Gasteiger partial charge in [0.15, 0.2) is 0 Å². The summed E-state index contributed by atoms with van der Waals surface area (Å²) in [6, 6.07) is 19.1. The van der Waals surface area contributed by atoms with Gasteiger partial charge in [-0.3, -0.25) is 5.14 Å². The van der Waals surface area contributed by atoms with E-state index in [0.29, 0.717) is 4.91 Å². The van der Waals surface area contributed by atoms with Crippen molar-refractivity contribution in [3.63, 3.8) is 0 Å². The Kier molecular flexibility index (Phi) is 4.84. The molecule has 0 amide bonds. The molecule has 0 unspecified atom stereocenters. The minimum atomic E-state index is 0.488. The molecule has 126 valence electrons. The lowest BCUT2D eigenvalue weighted by molar-refractivity contribution is 0.924. The average Bonchev–Trinajstić information content (AvgIpc) is 2.99. The van der Waals surface area contributed by atoms with Gasteiger partial charge in [0.05, 0.1) is 0 Å². The van der Waals surface area contributed by atoms with Gasteiger partial charge in [-0.2, -0.15) is 5.26 Å². The van der Waals surface area contributed by atoms with Crippen LogP contribution in [0.25, 0.3) is 28.1 Å². The number of allylic oxidation sites excluding steroid dienone is 1.